The highest BCUT2D eigenvalue weighted by Crippen LogP contribution is 2.11. The van der Waals surface area contributed by atoms with Crippen LogP contribution in [0.1, 0.15) is 24.2 Å². The highest BCUT2D eigenvalue weighted by molar-refractivity contribution is 5.97. The van der Waals surface area contributed by atoms with Crippen LogP contribution < -0.4 is 10.2 Å². The second-order valence-electron chi connectivity index (χ2n) is 5.12. The molecule has 108 valence electrons. The fourth-order valence-corrected chi connectivity index (χ4v) is 2.32. The number of Topliss-reactive ketones (excluding diaryl/α,β-unsaturated/α-hetero) is 1. The van der Waals surface area contributed by atoms with Gasteiger partial charge in [-0.25, -0.2) is 0 Å². The first-order valence-electron chi connectivity index (χ1n) is 6.92. The number of ether oxygens (including phenoxy) is 1. The van der Waals surface area contributed by atoms with Crippen LogP contribution in [0.4, 0.5) is 5.69 Å². The van der Waals surface area contributed by atoms with E-state index in [-0.39, 0.29) is 17.7 Å². The Labute approximate surface area is 118 Å². The zero-order chi connectivity index (χ0) is 14.5. The van der Waals surface area contributed by atoms with Crippen LogP contribution >= 0.6 is 0 Å². The summed E-state index contributed by atoms with van der Waals surface area (Å²) in [4.78, 5) is 24.8. The summed E-state index contributed by atoms with van der Waals surface area (Å²) in [5, 5.41) is 2.88. The van der Waals surface area contributed by atoms with E-state index in [0.29, 0.717) is 24.5 Å². The van der Waals surface area contributed by atoms with E-state index in [9.17, 15) is 9.59 Å². The van der Waals surface area contributed by atoms with Gasteiger partial charge in [0, 0.05) is 11.3 Å². The van der Waals surface area contributed by atoms with Gasteiger partial charge in [-0.1, -0.05) is 12.1 Å². The Balaban J connectivity index is 1.99. The van der Waals surface area contributed by atoms with E-state index in [1.54, 1.807) is 24.3 Å². The van der Waals surface area contributed by atoms with Crippen molar-refractivity contribution in [3.8, 4) is 0 Å². The molecule has 1 aromatic carbocycles. The lowest BCUT2D eigenvalue weighted by atomic mass is 10.1. The first kappa shape index (κ1) is 14.7. The molecule has 5 nitrogen and oxygen atoms in total. The second kappa shape index (κ2) is 6.63. The van der Waals surface area contributed by atoms with E-state index >= 15 is 0 Å². The van der Waals surface area contributed by atoms with E-state index in [2.05, 4.69) is 5.32 Å². The van der Waals surface area contributed by atoms with Crippen LogP contribution in [0.5, 0.6) is 0 Å². The molecular weight excluding hydrogens is 256 g/mol. The van der Waals surface area contributed by atoms with Crippen LogP contribution in [0, 0.1) is 0 Å². The quantitative estimate of drug-likeness (QED) is 0.769. The Bertz CT molecular complexity index is 496. The van der Waals surface area contributed by atoms with E-state index in [1.807, 2.05) is 6.92 Å². The van der Waals surface area contributed by atoms with Crippen LogP contribution in [-0.4, -0.2) is 44.0 Å². The van der Waals surface area contributed by atoms with Crippen molar-refractivity contribution in [3.63, 3.8) is 0 Å². The smallest absolute Gasteiger partial charge is 0.282 e. The largest absolute Gasteiger partial charge is 0.370 e. The third kappa shape index (κ3) is 3.65. The zero-order valence-electron chi connectivity index (χ0n) is 11.9. The average Bonchev–Trinajstić information content (AvgIpc) is 2.47. The molecule has 0 aromatic heterocycles. The van der Waals surface area contributed by atoms with Gasteiger partial charge >= 0.3 is 0 Å². The molecule has 0 bridgehead atoms. The van der Waals surface area contributed by atoms with Gasteiger partial charge in [0.25, 0.3) is 5.91 Å². The topological polar surface area (TPSA) is 59.8 Å². The number of anilines is 1. The third-order valence-electron chi connectivity index (χ3n) is 3.68. The fourth-order valence-electron chi connectivity index (χ4n) is 2.32. The van der Waals surface area contributed by atoms with Crippen LogP contribution in [0.2, 0.25) is 0 Å². The summed E-state index contributed by atoms with van der Waals surface area (Å²) in [6.07, 6.45) is 0. The Morgan fingerprint density at radius 1 is 1.30 bits per heavy atom. The molecule has 1 fully saturated rings. The number of carbonyl (C=O) groups excluding carboxylic acids is 2. The number of carbonyl (C=O) groups is 2. The van der Waals surface area contributed by atoms with Crippen molar-refractivity contribution in [2.24, 2.45) is 0 Å². The van der Waals surface area contributed by atoms with Gasteiger partial charge in [-0.15, -0.1) is 0 Å². The van der Waals surface area contributed by atoms with E-state index < -0.39 is 0 Å². The lowest BCUT2D eigenvalue weighted by Gasteiger charge is -2.28. The third-order valence-corrected chi connectivity index (χ3v) is 3.68. The van der Waals surface area contributed by atoms with Gasteiger partial charge in [-0.3, -0.25) is 9.59 Å². The SMILES string of the molecule is CC(=O)c1cccc(NC(=O)[C@@H](C)[NH+]2CCOCC2)c1. The molecule has 1 aliphatic heterocycles. The monoisotopic (exact) mass is 277 g/mol. The molecule has 1 atom stereocenters. The van der Waals surface area contributed by atoms with Crippen LogP contribution in [-0.2, 0) is 9.53 Å². The van der Waals surface area contributed by atoms with Crippen molar-refractivity contribution in [2.45, 2.75) is 19.9 Å². The molecule has 0 aliphatic carbocycles. The standard InChI is InChI=1S/C15H20N2O3/c1-11(17-6-8-20-9-7-17)15(19)16-14-5-3-4-13(10-14)12(2)18/h3-5,10-11H,6-9H2,1-2H3,(H,16,19)/p+1/t11-/m1/s1. The Hall–Kier alpha value is -1.72. The minimum Gasteiger partial charge on any atom is -0.370 e. The number of hydrogen-bond acceptors (Lipinski definition) is 3. The van der Waals surface area contributed by atoms with E-state index in [0.717, 1.165) is 13.1 Å². The Morgan fingerprint density at radius 2 is 2.00 bits per heavy atom. The number of nitrogens with one attached hydrogen (secondary N) is 2. The Morgan fingerprint density at radius 3 is 2.65 bits per heavy atom. The molecule has 1 aromatic rings. The molecule has 0 spiro atoms. The zero-order valence-corrected chi connectivity index (χ0v) is 11.9. The maximum atomic E-state index is 12.2. The molecule has 0 radical (unpaired) electrons. The van der Waals surface area contributed by atoms with E-state index in [4.69, 9.17) is 4.74 Å². The number of benzene rings is 1. The molecule has 1 aliphatic rings. The van der Waals surface area contributed by atoms with Crippen LogP contribution in [0.3, 0.4) is 0 Å². The van der Waals surface area contributed by atoms with Gasteiger partial charge in [0.05, 0.1) is 13.2 Å². The van der Waals surface area contributed by atoms with Crippen molar-refractivity contribution in [3.05, 3.63) is 29.8 Å². The molecule has 0 saturated carbocycles. The van der Waals surface area contributed by atoms with Gasteiger partial charge in [0.15, 0.2) is 11.8 Å². The number of quaternary nitrogens is 1. The van der Waals surface area contributed by atoms with Crippen LogP contribution in [0.25, 0.3) is 0 Å². The minimum atomic E-state index is -0.125. The normalized spacial score (nSPS) is 17.5. The summed E-state index contributed by atoms with van der Waals surface area (Å²) in [5.74, 6) is -0.0319. The summed E-state index contributed by atoms with van der Waals surface area (Å²) in [7, 11) is 0. The second-order valence-corrected chi connectivity index (χ2v) is 5.12. The van der Waals surface area contributed by atoms with Crippen molar-refractivity contribution >= 4 is 17.4 Å². The maximum absolute atomic E-state index is 12.2. The lowest BCUT2D eigenvalue weighted by Crippen LogP contribution is -3.18. The number of ketones is 1. The van der Waals surface area contributed by atoms with Crippen molar-refractivity contribution in [2.75, 3.05) is 31.6 Å². The molecular formula is C15H21N2O3+. The molecule has 1 saturated heterocycles. The van der Waals surface area contributed by atoms with Crippen LogP contribution in [0.15, 0.2) is 24.3 Å². The number of rotatable bonds is 4. The summed E-state index contributed by atoms with van der Waals surface area (Å²) in [6.45, 7) is 6.54. The Kier molecular flexibility index (Phi) is 4.87. The van der Waals surface area contributed by atoms with Crippen molar-refractivity contribution in [1.82, 2.24) is 0 Å². The highest BCUT2D eigenvalue weighted by atomic mass is 16.5. The summed E-state index contributed by atoms with van der Waals surface area (Å²) >= 11 is 0. The predicted molar refractivity (Wildman–Crippen MR) is 76.1 cm³/mol. The van der Waals surface area contributed by atoms with Gasteiger partial charge in [0.2, 0.25) is 0 Å². The average molecular weight is 277 g/mol. The van der Waals surface area contributed by atoms with Gasteiger partial charge in [-0.2, -0.15) is 0 Å². The molecule has 5 heteroatoms. The molecule has 2 N–H and O–H groups in total. The number of morpholine rings is 1. The van der Waals surface area contributed by atoms with Gasteiger partial charge in [-0.05, 0) is 26.0 Å². The summed E-state index contributed by atoms with van der Waals surface area (Å²) in [6, 6.07) is 6.90. The molecule has 1 amide bonds. The molecule has 20 heavy (non-hydrogen) atoms. The first-order valence-corrected chi connectivity index (χ1v) is 6.92. The first-order chi connectivity index (χ1) is 9.58. The minimum absolute atomic E-state index is 0.00653. The van der Waals surface area contributed by atoms with Gasteiger partial charge in [0.1, 0.15) is 13.1 Å². The molecule has 0 unspecified atom stereocenters. The summed E-state index contributed by atoms with van der Waals surface area (Å²) < 4.78 is 5.30. The molecule has 2 rings (SSSR count). The van der Waals surface area contributed by atoms with Crippen molar-refractivity contribution in [1.29, 1.82) is 0 Å². The predicted octanol–water partition coefficient (Wildman–Crippen LogP) is 0.131. The van der Waals surface area contributed by atoms with E-state index in [1.165, 1.54) is 11.8 Å². The maximum Gasteiger partial charge on any atom is 0.282 e. The summed E-state index contributed by atoms with van der Waals surface area (Å²) in [5.41, 5.74) is 1.27. The fraction of sp³-hybridized carbons (Fsp3) is 0.467. The number of amides is 1. The van der Waals surface area contributed by atoms with Crippen molar-refractivity contribution < 1.29 is 19.2 Å². The van der Waals surface area contributed by atoms with Gasteiger partial charge < -0.3 is 15.0 Å². The number of hydrogen-bond donors (Lipinski definition) is 2. The lowest BCUT2D eigenvalue weighted by molar-refractivity contribution is -0.921. The highest BCUT2D eigenvalue weighted by Gasteiger charge is 2.26. The molecule has 1 heterocycles.